The summed E-state index contributed by atoms with van der Waals surface area (Å²) in [5.74, 6) is -0.911. The molecule has 0 aliphatic heterocycles. The van der Waals surface area contributed by atoms with Gasteiger partial charge >= 0.3 is 6.01 Å². The van der Waals surface area contributed by atoms with E-state index in [9.17, 15) is 8.78 Å². The zero-order valence-corrected chi connectivity index (χ0v) is 9.89. The van der Waals surface area contributed by atoms with Crippen LogP contribution in [0.3, 0.4) is 0 Å². The number of hydrogen-bond acceptors (Lipinski definition) is 2. The van der Waals surface area contributed by atoms with Gasteiger partial charge in [-0.2, -0.15) is 8.78 Å². The Balaban J connectivity index is 2.26. The van der Waals surface area contributed by atoms with Gasteiger partial charge in [0.25, 0.3) is 0 Å². The Bertz CT molecular complexity index is 521. The minimum absolute atomic E-state index is 0.197. The van der Waals surface area contributed by atoms with Crippen molar-refractivity contribution in [3.8, 4) is 0 Å². The summed E-state index contributed by atoms with van der Waals surface area (Å²) < 4.78 is 30.8. The number of furan rings is 1. The zero-order valence-electron chi connectivity index (χ0n) is 9.89. The summed E-state index contributed by atoms with van der Waals surface area (Å²) in [6.07, 6.45) is 0.799. The third-order valence-corrected chi connectivity index (χ3v) is 2.75. The Morgan fingerprint density at radius 2 is 2.12 bits per heavy atom. The Labute approximate surface area is 98.6 Å². The van der Waals surface area contributed by atoms with Crippen LogP contribution in [0.2, 0.25) is 0 Å². The van der Waals surface area contributed by atoms with Crippen molar-refractivity contribution < 1.29 is 13.2 Å². The molecule has 2 aromatic rings. The molecule has 2 nitrogen and oxygen atoms in total. The van der Waals surface area contributed by atoms with E-state index in [1.165, 1.54) is 0 Å². The van der Waals surface area contributed by atoms with E-state index in [2.05, 4.69) is 12.2 Å². The highest BCUT2D eigenvalue weighted by atomic mass is 19.2. The largest absolute Gasteiger partial charge is 0.429 e. The molecule has 1 atom stereocenters. The molecule has 0 saturated carbocycles. The highest BCUT2D eigenvalue weighted by molar-refractivity contribution is 5.78. The van der Waals surface area contributed by atoms with E-state index in [-0.39, 0.29) is 11.0 Å². The van der Waals surface area contributed by atoms with E-state index in [0.29, 0.717) is 6.04 Å². The fourth-order valence-corrected chi connectivity index (χ4v) is 1.98. The lowest BCUT2D eigenvalue weighted by atomic mass is 10.1. The minimum Gasteiger partial charge on any atom is -0.429 e. The van der Waals surface area contributed by atoms with E-state index in [1.807, 2.05) is 6.92 Å². The normalized spacial score (nSPS) is 13.2. The number of halogens is 2. The van der Waals surface area contributed by atoms with Crippen molar-refractivity contribution in [3.05, 3.63) is 35.6 Å². The second-order valence-corrected chi connectivity index (χ2v) is 4.18. The van der Waals surface area contributed by atoms with E-state index < -0.39 is 11.8 Å². The maximum atomic E-state index is 13.2. The molecule has 1 aromatic carbocycles. The summed E-state index contributed by atoms with van der Waals surface area (Å²) in [6.45, 7) is 5.00. The van der Waals surface area contributed by atoms with Crippen LogP contribution in [-0.4, -0.2) is 12.6 Å². The number of rotatable bonds is 4. The zero-order chi connectivity index (χ0) is 12.4. The number of benzene rings is 1. The lowest BCUT2D eigenvalue weighted by Crippen LogP contribution is -2.27. The molecule has 1 aromatic heterocycles. The standard InChI is InChI=1S/C13H15F2NO/c1-3-16-8(2)6-9-4-5-10-11(7-9)17-13(15)12(10)14/h4-5,7-8,16H,3,6H2,1-2H3/t8-/m0/s1. The molecule has 2 rings (SSSR count). The van der Waals surface area contributed by atoms with Crippen LogP contribution in [-0.2, 0) is 6.42 Å². The third-order valence-electron chi connectivity index (χ3n) is 2.75. The van der Waals surface area contributed by atoms with Crippen molar-refractivity contribution in [2.75, 3.05) is 6.54 Å². The lowest BCUT2D eigenvalue weighted by Gasteiger charge is -2.11. The van der Waals surface area contributed by atoms with Crippen LogP contribution < -0.4 is 5.32 Å². The maximum absolute atomic E-state index is 13.2. The Morgan fingerprint density at radius 1 is 1.35 bits per heavy atom. The Morgan fingerprint density at radius 3 is 2.82 bits per heavy atom. The number of hydrogen-bond donors (Lipinski definition) is 1. The summed E-state index contributed by atoms with van der Waals surface area (Å²) >= 11 is 0. The summed E-state index contributed by atoms with van der Waals surface area (Å²) in [4.78, 5) is 0. The average Bonchev–Trinajstić information content (AvgIpc) is 2.55. The highest BCUT2D eigenvalue weighted by Gasteiger charge is 2.14. The average molecular weight is 239 g/mol. The number of nitrogens with one attached hydrogen (secondary N) is 1. The van der Waals surface area contributed by atoms with E-state index in [1.54, 1.807) is 18.2 Å². The molecule has 17 heavy (non-hydrogen) atoms. The molecule has 1 heterocycles. The van der Waals surface area contributed by atoms with Crippen LogP contribution in [0.25, 0.3) is 11.0 Å². The van der Waals surface area contributed by atoms with Crippen LogP contribution >= 0.6 is 0 Å². The predicted octanol–water partition coefficient (Wildman–Crippen LogP) is 3.25. The fourth-order valence-electron chi connectivity index (χ4n) is 1.98. The second kappa shape index (κ2) is 4.84. The smallest absolute Gasteiger partial charge is 0.315 e. The first-order valence-corrected chi connectivity index (χ1v) is 5.71. The molecule has 1 N–H and O–H groups in total. The first-order chi connectivity index (χ1) is 8.11. The van der Waals surface area contributed by atoms with Crippen molar-refractivity contribution >= 4 is 11.0 Å². The van der Waals surface area contributed by atoms with Gasteiger partial charge in [0, 0.05) is 6.04 Å². The summed E-state index contributed by atoms with van der Waals surface area (Å²) in [5.41, 5.74) is 1.26. The molecule has 0 aliphatic rings. The molecule has 0 fully saturated rings. The van der Waals surface area contributed by atoms with E-state index >= 15 is 0 Å². The molecule has 0 amide bonds. The van der Waals surface area contributed by atoms with Crippen LogP contribution in [0.1, 0.15) is 19.4 Å². The molecule has 92 valence electrons. The summed E-state index contributed by atoms with van der Waals surface area (Å²) in [7, 11) is 0. The lowest BCUT2D eigenvalue weighted by molar-refractivity contribution is 0.342. The van der Waals surface area contributed by atoms with Gasteiger partial charge in [-0.3, -0.25) is 0 Å². The van der Waals surface area contributed by atoms with Crippen LogP contribution in [0.4, 0.5) is 8.78 Å². The quantitative estimate of drug-likeness (QED) is 0.886. The highest BCUT2D eigenvalue weighted by Crippen LogP contribution is 2.24. The third kappa shape index (κ3) is 2.47. The van der Waals surface area contributed by atoms with Gasteiger partial charge < -0.3 is 9.73 Å². The van der Waals surface area contributed by atoms with Gasteiger partial charge in [0.15, 0.2) is 0 Å². The van der Waals surface area contributed by atoms with Gasteiger partial charge in [0.2, 0.25) is 5.82 Å². The number of likely N-dealkylation sites (N-methyl/N-ethyl adjacent to an activating group) is 1. The first-order valence-electron chi connectivity index (χ1n) is 5.71. The molecule has 0 bridgehead atoms. The monoisotopic (exact) mass is 239 g/mol. The summed E-state index contributed by atoms with van der Waals surface area (Å²) in [6, 6.07) is 4.23. The Hall–Kier alpha value is -1.42. The van der Waals surface area contributed by atoms with Gasteiger partial charge in [-0.25, -0.2) is 0 Å². The van der Waals surface area contributed by atoms with Gasteiger partial charge in [0.05, 0.1) is 5.39 Å². The molecule has 0 aliphatic carbocycles. The van der Waals surface area contributed by atoms with Gasteiger partial charge in [-0.05, 0) is 37.6 Å². The van der Waals surface area contributed by atoms with E-state index in [4.69, 9.17) is 4.42 Å². The second-order valence-electron chi connectivity index (χ2n) is 4.18. The van der Waals surface area contributed by atoms with Crippen LogP contribution in [0.15, 0.2) is 22.6 Å². The molecule has 0 radical (unpaired) electrons. The SMILES string of the molecule is CCN[C@@H](C)Cc1ccc2c(F)c(F)oc2c1. The van der Waals surface area contributed by atoms with Crippen molar-refractivity contribution in [3.63, 3.8) is 0 Å². The molecule has 0 saturated heterocycles. The Kier molecular flexibility index (Phi) is 3.43. The summed E-state index contributed by atoms with van der Waals surface area (Å²) in [5, 5.41) is 3.48. The van der Waals surface area contributed by atoms with Gasteiger partial charge in [0.1, 0.15) is 5.58 Å². The van der Waals surface area contributed by atoms with Crippen LogP contribution in [0, 0.1) is 11.8 Å². The first kappa shape index (κ1) is 12.0. The van der Waals surface area contributed by atoms with Gasteiger partial charge in [-0.1, -0.05) is 13.0 Å². The van der Waals surface area contributed by atoms with Crippen molar-refractivity contribution in [2.45, 2.75) is 26.3 Å². The molecule has 4 heteroatoms. The van der Waals surface area contributed by atoms with Crippen LogP contribution in [0.5, 0.6) is 0 Å². The maximum Gasteiger partial charge on any atom is 0.315 e. The van der Waals surface area contributed by atoms with E-state index in [0.717, 1.165) is 18.5 Å². The molecule has 0 unspecified atom stereocenters. The van der Waals surface area contributed by atoms with Crippen molar-refractivity contribution in [1.29, 1.82) is 0 Å². The fraction of sp³-hybridized carbons (Fsp3) is 0.385. The molecule has 0 spiro atoms. The van der Waals surface area contributed by atoms with Crippen molar-refractivity contribution in [1.82, 2.24) is 5.32 Å². The van der Waals surface area contributed by atoms with Gasteiger partial charge in [-0.15, -0.1) is 0 Å². The topological polar surface area (TPSA) is 25.2 Å². The molecular formula is C13H15F2NO. The predicted molar refractivity (Wildman–Crippen MR) is 63.0 cm³/mol. The minimum atomic E-state index is -1.14. The van der Waals surface area contributed by atoms with Crippen molar-refractivity contribution in [2.24, 2.45) is 0 Å². The molecular weight excluding hydrogens is 224 g/mol. The number of fused-ring (bicyclic) bond motifs is 1.